The number of hydrogen-bond donors (Lipinski definition) is 0. The summed E-state index contributed by atoms with van der Waals surface area (Å²) in [4.78, 5) is 0. The van der Waals surface area contributed by atoms with Gasteiger partial charge in [-0.05, 0) is 36.4 Å². The molecule has 2 rings (SSSR count). The molecule has 0 heterocycles. The highest BCUT2D eigenvalue weighted by Gasteiger charge is 2.11. The predicted octanol–water partition coefficient (Wildman–Crippen LogP) is 2.35. The second-order valence-electron chi connectivity index (χ2n) is 4.26. The van der Waals surface area contributed by atoms with Crippen LogP contribution in [0.15, 0.2) is 36.4 Å². The fraction of sp³-hybridized carbons (Fsp3) is 0.250. The van der Waals surface area contributed by atoms with Crippen molar-refractivity contribution in [1.82, 2.24) is 0 Å². The van der Waals surface area contributed by atoms with Gasteiger partial charge >= 0.3 is 0 Å². The van der Waals surface area contributed by atoms with E-state index < -0.39 is 0 Å². The minimum atomic E-state index is 0.377. The third-order valence-corrected chi connectivity index (χ3v) is 4.40. The summed E-state index contributed by atoms with van der Waals surface area (Å²) in [5, 5.41) is 2.12. The van der Waals surface area contributed by atoms with E-state index in [1.54, 1.807) is 28.4 Å². The van der Waals surface area contributed by atoms with Gasteiger partial charge in [0.1, 0.15) is 23.0 Å². The molecule has 2 aromatic rings. The van der Waals surface area contributed by atoms with Crippen LogP contribution in [0.3, 0.4) is 0 Å². The third-order valence-electron chi connectivity index (χ3n) is 3.08. The molecule has 0 aliphatic heterocycles. The van der Waals surface area contributed by atoms with Gasteiger partial charge in [-0.1, -0.05) is 8.58 Å². The predicted molar refractivity (Wildman–Crippen MR) is 86.7 cm³/mol. The molecule has 0 unspecified atom stereocenters. The van der Waals surface area contributed by atoms with Crippen LogP contribution in [0.2, 0.25) is 0 Å². The Balaban J connectivity index is 2.40. The summed E-state index contributed by atoms with van der Waals surface area (Å²) in [6.07, 6.45) is 0. The van der Waals surface area contributed by atoms with Gasteiger partial charge in [-0.25, -0.2) is 0 Å². The highest BCUT2D eigenvalue weighted by molar-refractivity contribution is 7.56. The number of rotatable bonds is 6. The van der Waals surface area contributed by atoms with Crippen molar-refractivity contribution in [2.24, 2.45) is 0 Å². The SMILES string of the molecule is COc1ccc(OC)c(Pc2cc(OC)ccc2OC)c1. The quantitative estimate of drug-likeness (QED) is 0.768. The maximum atomic E-state index is 5.43. The maximum Gasteiger partial charge on any atom is 0.126 e. The summed E-state index contributed by atoms with van der Waals surface area (Å²) in [6, 6.07) is 11.6. The van der Waals surface area contributed by atoms with Gasteiger partial charge in [-0.2, -0.15) is 0 Å². The molecule has 0 amide bonds. The van der Waals surface area contributed by atoms with Crippen LogP contribution in [0.4, 0.5) is 0 Å². The first-order chi connectivity index (χ1) is 10.2. The number of hydrogen-bond acceptors (Lipinski definition) is 4. The Kier molecular flexibility index (Phi) is 5.29. The van der Waals surface area contributed by atoms with E-state index in [0.717, 1.165) is 33.6 Å². The van der Waals surface area contributed by atoms with E-state index in [-0.39, 0.29) is 0 Å². The molecule has 0 atom stereocenters. The second kappa shape index (κ2) is 7.19. The van der Waals surface area contributed by atoms with E-state index >= 15 is 0 Å². The molecule has 0 aliphatic rings. The van der Waals surface area contributed by atoms with Crippen molar-refractivity contribution < 1.29 is 18.9 Å². The van der Waals surface area contributed by atoms with Gasteiger partial charge in [0.05, 0.1) is 28.4 Å². The summed E-state index contributed by atoms with van der Waals surface area (Å²) in [6.45, 7) is 0. The molecule has 21 heavy (non-hydrogen) atoms. The lowest BCUT2D eigenvalue weighted by Gasteiger charge is -2.13. The van der Waals surface area contributed by atoms with Crippen LogP contribution in [0.5, 0.6) is 23.0 Å². The van der Waals surface area contributed by atoms with Crippen molar-refractivity contribution in [3.8, 4) is 23.0 Å². The molecule has 0 saturated heterocycles. The van der Waals surface area contributed by atoms with Crippen molar-refractivity contribution in [1.29, 1.82) is 0 Å². The molecule has 0 aromatic heterocycles. The average Bonchev–Trinajstić information content (AvgIpc) is 2.54. The Morgan fingerprint density at radius 1 is 0.619 bits per heavy atom. The highest BCUT2D eigenvalue weighted by atomic mass is 31.1. The summed E-state index contributed by atoms with van der Waals surface area (Å²) in [5.74, 6) is 3.28. The Hall–Kier alpha value is -1.93. The van der Waals surface area contributed by atoms with Crippen LogP contribution in [0.25, 0.3) is 0 Å². The zero-order chi connectivity index (χ0) is 15.2. The Labute approximate surface area is 126 Å². The molecule has 0 bridgehead atoms. The number of benzene rings is 2. The molecule has 5 heteroatoms. The van der Waals surface area contributed by atoms with E-state index in [4.69, 9.17) is 18.9 Å². The van der Waals surface area contributed by atoms with Crippen molar-refractivity contribution in [3.05, 3.63) is 36.4 Å². The van der Waals surface area contributed by atoms with Crippen LogP contribution >= 0.6 is 8.58 Å². The molecular weight excluding hydrogens is 287 g/mol. The van der Waals surface area contributed by atoms with E-state index in [1.165, 1.54) is 0 Å². The maximum absolute atomic E-state index is 5.43. The molecule has 0 N–H and O–H groups in total. The monoisotopic (exact) mass is 306 g/mol. The molecule has 4 nitrogen and oxygen atoms in total. The molecule has 0 saturated carbocycles. The minimum absolute atomic E-state index is 0.377. The zero-order valence-corrected chi connectivity index (χ0v) is 13.6. The Morgan fingerprint density at radius 2 is 1.05 bits per heavy atom. The molecule has 0 fully saturated rings. The van der Waals surface area contributed by atoms with Gasteiger partial charge in [0.15, 0.2) is 0 Å². The number of methoxy groups -OCH3 is 4. The van der Waals surface area contributed by atoms with Crippen molar-refractivity contribution in [2.45, 2.75) is 0 Å². The van der Waals surface area contributed by atoms with Gasteiger partial charge in [0, 0.05) is 10.6 Å². The minimum Gasteiger partial charge on any atom is -0.497 e. The lowest BCUT2D eigenvalue weighted by atomic mass is 10.3. The number of ether oxygens (including phenoxy) is 4. The van der Waals surface area contributed by atoms with Gasteiger partial charge in [-0.3, -0.25) is 0 Å². The van der Waals surface area contributed by atoms with Gasteiger partial charge in [0.25, 0.3) is 0 Å². The first-order valence-corrected chi connectivity index (χ1v) is 7.43. The van der Waals surface area contributed by atoms with Crippen molar-refractivity contribution in [2.75, 3.05) is 28.4 Å². The van der Waals surface area contributed by atoms with Crippen LogP contribution < -0.4 is 29.6 Å². The van der Waals surface area contributed by atoms with Crippen LogP contribution in [0, 0.1) is 0 Å². The van der Waals surface area contributed by atoms with E-state index in [9.17, 15) is 0 Å². The van der Waals surface area contributed by atoms with Crippen molar-refractivity contribution >= 4 is 19.2 Å². The van der Waals surface area contributed by atoms with Crippen LogP contribution in [-0.2, 0) is 0 Å². The Bertz CT molecular complexity index is 560. The highest BCUT2D eigenvalue weighted by Crippen LogP contribution is 2.28. The van der Waals surface area contributed by atoms with E-state index in [0.29, 0.717) is 8.58 Å². The van der Waals surface area contributed by atoms with Crippen LogP contribution in [0.1, 0.15) is 0 Å². The zero-order valence-electron chi connectivity index (χ0n) is 12.6. The van der Waals surface area contributed by atoms with Gasteiger partial charge < -0.3 is 18.9 Å². The summed E-state index contributed by atoms with van der Waals surface area (Å²) >= 11 is 0. The summed E-state index contributed by atoms with van der Waals surface area (Å²) in [7, 11) is 7.01. The lowest BCUT2D eigenvalue weighted by molar-refractivity contribution is 0.405. The van der Waals surface area contributed by atoms with Crippen LogP contribution in [-0.4, -0.2) is 28.4 Å². The standard InChI is InChI=1S/C16H19O4P/c1-17-11-5-7-13(19-3)15(9-11)21-16-10-12(18-2)6-8-14(16)20-4/h5-10,21H,1-4H3. The molecular formula is C16H19O4P. The lowest BCUT2D eigenvalue weighted by Crippen LogP contribution is -2.10. The van der Waals surface area contributed by atoms with Gasteiger partial charge in [0.2, 0.25) is 0 Å². The molecule has 0 spiro atoms. The third kappa shape index (κ3) is 3.59. The first-order valence-electron chi connectivity index (χ1n) is 6.43. The Morgan fingerprint density at radius 3 is 1.38 bits per heavy atom. The van der Waals surface area contributed by atoms with E-state index in [2.05, 4.69) is 0 Å². The first kappa shape index (κ1) is 15.5. The van der Waals surface area contributed by atoms with E-state index in [1.807, 2.05) is 36.4 Å². The molecule has 0 radical (unpaired) electrons. The largest absolute Gasteiger partial charge is 0.497 e. The van der Waals surface area contributed by atoms with Crippen molar-refractivity contribution in [3.63, 3.8) is 0 Å². The van der Waals surface area contributed by atoms with Gasteiger partial charge in [-0.15, -0.1) is 0 Å². The fourth-order valence-electron chi connectivity index (χ4n) is 1.97. The fourth-order valence-corrected chi connectivity index (χ4v) is 3.30. The molecule has 2 aromatic carbocycles. The smallest absolute Gasteiger partial charge is 0.126 e. The second-order valence-corrected chi connectivity index (χ2v) is 5.58. The average molecular weight is 306 g/mol. The summed E-state index contributed by atoms with van der Waals surface area (Å²) < 4.78 is 21.4. The topological polar surface area (TPSA) is 36.9 Å². The molecule has 0 aliphatic carbocycles. The molecule has 112 valence electrons. The summed E-state index contributed by atoms with van der Waals surface area (Å²) in [5.41, 5.74) is 0. The normalized spacial score (nSPS) is 10.1.